The molecule has 0 saturated carbocycles. The van der Waals surface area contributed by atoms with Crippen LogP contribution in [0.25, 0.3) is 11.1 Å². The molecule has 106 valence electrons. The fourth-order valence-corrected chi connectivity index (χ4v) is 2.07. The highest BCUT2D eigenvalue weighted by Gasteiger charge is 2.34. The predicted octanol–water partition coefficient (Wildman–Crippen LogP) is 5.20. The first-order valence-corrected chi connectivity index (χ1v) is 6.29. The number of phenolic OH excluding ortho intramolecular Hbond substituents is 1. The zero-order valence-electron chi connectivity index (χ0n) is 11.2. The van der Waals surface area contributed by atoms with Crippen molar-refractivity contribution in [2.45, 2.75) is 25.9 Å². The zero-order valence-corrected chi connectivity index (χ0v) is 11.2. The Labute approximate surface area is 115 Å². The van der Waals surface area contributed by atoms with Crippen LogP contribution in [0.4, 0.5) is 13.2 Å². The highest BCUT2D eigenvalue weighted by Crippen LogP contribution is 2.39. The molecule has 0 amide bonds. The molecule has 0 aromatic heterocycles. The topological polar surface area (TPSA) is 20.2 Å². The van der Waals surface area contributed by atoms with Crippen LogP contribution >= 0.6 is 0 Å². The summed E-state index contributed by atoms with van der Waals surface area (Å²) in [6.07, 6.45) is -4.50. The van der Waals surface area contributed by atoms with Gasteiger partial charge in [-0.25, -0.2) is 0 Å². The Hall–Kier alpha value is -1.97. The minimum atomic E-state index is -4.50. The lowest BCUT2D eigenvalue weighted by atomic mass is 9.95. The molecule has 1 nitrogen and oxygen atoms in total. The van der Waals surface area contributed by atoms with E-state index < -0.39 is 11.7 Å². The molecule has 0 unspecified atom stereocenters. The molecule has 0 spiro atoms. The number of benzene rings is 2. The molecule has 0 atom stereocenters. The van der Waals surface area contributed by atoms with E-state index >= 15 is 0 Å². The third-order valence-corrected chi connectivity index (χ3v) is 3.20. The van der Waals surface area contributed by atoms with E-state index in [1.807, 2.05) is 26.0 Å². The second-order valence-electron chi connectivity index (χ2n) is 5.00. The molecule has 20 heavy (non-hydrogen) atoms. The summed E-state index contributed by atoms with van der Waals surface area (Å²) in [6.45, 7) is 4.05. The van der Waals surface area contributed by atoms with Crippen LogP contribution in [0.15, 0.2) is 42.5 Å². The van der Waals surface area contributed by atoms with E-state index in [-0.39, 0.29) is 11.3 Å². The van der Waals surface area contributed by atoms with Gasteiger partial charge in [0.25, 0.3) is 0 Å². The van der Waals surface area contributed by atoms with Gasteiger partial charge < -0.3 is 5.11 Å². The monoisotopic (exact) mass is 280 g/mol. The quantitative estimate of drug-likeness (QED) is 0.801. The smallest absolute Gasteiger partial charge is 0.417 e. The summed E-state index contributed by atoms with van der Waals surface area (Å²) in [7, 11) is 0. The lowest BCUT2D eigenvalue weighted by Gasteiger charge is -2.14. The van der Waals surface area contributed by atoms with Gasteiger partial charge in [-0.15, -0.1) is 0 Å². The van der Waals surface area contributed by atoms with Gasteiger partial charge in [-0.2, -0.15) is 13.2 Å². The third-order valence-electron chi connectivity index (χ3n) is 3.20. The number of hydrogen-bond donors (Lipinski definition) is 1. The van der Waals surface area contributed by atoms with E-state index in [1.165, 1.54) is 12.1 Å². The third kappa shape index (κ3) is 2.95. The normalized spacial score (nSPS) is 11.9. The molecule has 0 aliphatic heterocycles. The predicted molar refractivity (Wildman–Crippen MR) is 72.6 cm³/mol. The molecular formula is C16H15F3O. The van der Waals surface area contributed by atoms with E-state index in [9.17, 15) is 18.3 Å². The SMILES string of the molecule is CC(C)c1ccc(-c2ccc(O)cc2C(F)(F)F)cc1. The summed E-state index contributed by atoms with van der Waals surface area (Å²) < 4.78 is 39.0. The lowest BCUT2D eigenvalue weighted by molar-refractivity contribution is -0.137. The van der Waals surface area contributed by atoms with Crippen LogP contribution in [0.3, 0.4) is 0 Å². The van der Waals surface area contributed by atoms with E-state index in [0.717, 1.165) is 11.6 Å². The zero-order chi connectivity index (χ0) is 14.9. The van der Waals surface area contributed by atoms with Gasteiger partial charge >= 0.3 is 6.18 Å². The number of aromatic hydroxyl groups is 1. The molecule has 2 rings (SSSR count). The van der Waals surface area contributed by atoms with Gasteiger partial charge in [-0.05, 0) is 34.7 Å². The van der Waals surface area contributed by atoms with Crippen LogP contribution < -0.4 is 0 Å². The average Bonchev–Trinajstić information content (AvgIpc) is 2.38. The number of rotatable bonds is 2. The molecule has 4 heteroatoms. The van der Waals surface area contributed by atoms with Gasteiger partial charge in [-0.3, -0.25) is 0 Å². The maximum atomic E-state index is 13.0. The Morgan fingerprint density at radius 1 is 0.950 bits per heavy atom. The Morgan fingerprint density at radius 2 is 1.55 bits per heavy atom. The molecule has 2 aromatic carbocycles. The standard InChI is InChI=1S/C16H15F3O/c1-10(2)11-3-5-12(6-4-11)14-8-7-13(20)9-15(14)16(17,18)19/h3-10,20H,1-2H3. The van der Waals surface area contributed by atoms with Crippen LogP contribution in [0, 0.1) is 0 Å². The van der Waals surface area contributed by atoms with Crippen LogP contribution in [0.5, 0.6) is 5.75 Å². The fourth-order valence-electron chi connectivity index (χ4n) is 2.07. The second-order valence-corrected chi connectivity index (χ2v) is 5.00. The van der Waals surface area contributed by atoms with Crippen molar-refractivity contribution < 1.29 is 18.3 Å². The van der Waals surface area contributed by atoms with Gasteiger partial charge in [-0.1, -0.05) is 44.2 Å². The molecule has 0 heterocycles. The first kappa shape index (κ1) is 14.4. The Balaban J connectivity index is 2.52. The summed E-state index contributed by atoms with van der Waals surface area (Å²) in [4.78, 5) is 0. The van der Waals surface area contributed by atoms with Crippen molar-refractivity contribution in [1.29, 1.82) is 0 Å². The van der Waals surface area contributed by atoms with Gasteiger partial charge in [0.2, 0.25) is 0 Å². The van der Waals surface area contributed by atoms with Gasteiger partial charge in [0.05, 0.1) is 5.56 Å². The highest BCUT2D eigenvalue weighted by molar-refractivity contribution is 5.69. The molecular weight excluding hydrogens is 265 g/mol. The van der Waals surface area contributed by atoms with Crippen LogP contribution in [-0.4, -0.2) is 5.11 Å². The number of phenols is 1. The maximum Gasteiger partial charge on any atom is 0.417 e. The van der Waals surface area contributed by atoms with Crippen molar-refractivity contribution in [3.05, 3.63) is 53.6 Å². The van der Waals surface area contributed by atoms with Crippen molar-refractivity contribution >= 4 is 0 Å². The summed E-state index contributed by atoms with van der Waals surface area (Å²) in [6, 6.07) is 10.3. The van der Waals surface area contributed by atoms with Crippen molar-refractivity contribution in [2.24, 2.45) is 0 Å². The summed E-state index contributed by atoms with van der Waals surface area (Å²) in [5.41, 5.74) is 0.809. The summed E-state index contributed by atoms with van der Waals surface area (Å²) in [5.74, 6) is -0.0640. The van der Waals surface area contributed by atoms with Crippen molar-refractivity contribution in [1.82, 2.24) is 0 Å². The Kier molecular flexibility index (Phi) is 3.75. The van der Waals surface area contributed by atoms with Crippen molar-refractivity contribution in [2.75, 3.05) is 0 Å². The van der Waals surface area contributed by atoms with E-state index in [1.54, 1.807) is 12.1 Å². The number of hydrogen-bond acceptors (Lipinski definition) is 1. The molecule has 0 bridgehead atoms. The molecule has 0 aliphatic rings. The first-order chi connectivity index (χ1) is 9.29. The van der Waals surface area contributed by atoms with Crippen LogP contribution in [0.1, 0.15) is 30.9 Å². The minimum absolute atomic E-state index is 0.0746. The fraction of sp³-hybridized carbons (Fsp3) is 0.250. The number of halogens is 3. The summed E-state index contributed by atoms with van der Waals surface area (Å²) in [5, 5.41) is 9.26. The Morgan fingerprint density at radius 3 is 2.05 bits per heavy atom. The average molecular weight is 280 g/mol. The largest absolute Gasteiger partial charge is 0.508 e. The molecule has 0 saturated heterocycles. The van der Waals surface area contributed by atoms with Crippen molar-refractivity contribution in [3.8, 4) is 16.9 Å². The van der Waals surface area contributed by atoms with Crippen LogP contribution in [0.2, 0.25) is 0 Å². The highest BCUT2D eigenvalue weighted by atomic mass is 19.4. The van der Waals surface area contributed by atoms with Gasteiger partial charge in [0.15, 0.2) is 0 Å². The van der Waals surface area contributed by atoms with E-state index in [4.69, 9.17) is 0 Å². The molecule has 2 aromatic rings. The molecule has 1 N–H and O–H groups in total. The van der Waals surface area contributed by atoms with Crippen molar-refractivity contribution in [3.63, 3.8) is 0 Å². The summed E-state index contributed by atoms with van der Waals surface area (Å²) >= 11 is 0. The lowest BCUT2D eigenvalue weighted by Crippen LogP contribution is -2.07. The minimum Gasteiger partial charge on any atom is -0.508 e. The number of alkyl halides is 3. The molecule has 0 radical (unpaired) electrons. The molecule has 0 aliphatic carbocycles. The van der Waals surface area contributed by atoms with Gasteiger partial charge in [0.1, 0.15) is 5.75 Å². The van der Waals surface area contributed by atoms with E-state index in [0.29, 0.717) is 11.5 Å². The van der Waals surface area contributed by atoms with Gasteiger partial charge in [0, 0.05) is 0 Å². The maximum absolute atomic E-state index is 13.0. The second kappa shape index (κ2) is 5.19. The van der Waals surface area contributed by atoms with E-state index in [2.05, 4.69) is 0 Å². The molecule has 0 fully saturated rings. The van der Waals surface area contributed by atoms with Crippen LogP contribution in [-0.2, 0) is 6.18 Å². The Bertz CT molecular complexity index is 598. The first-order valence-electron chi connectivity index (χ1n) is 6.29.